The number of rotatable bonds is 7. The van der Waals surface area contributed by atoms with E-state index in [1.807, 2.05) is 19.2 Å². The predicted molar refractivity (Wildman–Crippen MR) is 72.9 cm³/mol. The third-order valence-corrected chi connectivity index (χ3v) is 3.83. The van der Waals surface area contributed by atoms with Gasteiger partial charge in [0.25, 0.3) is 0 Å². The second kappa shape index (κ2) is 7.58. The van der Waals surface area contributed by atoms with Gasteiger partial charge in [-0.1, -0.05) is 6.07 Å². The highest BCUT2D eigenvalue weighted by Crippen LogP contribution is 2.34. The summed E-state index contributed by atoms with van der Waals surface area (Å²) in [5, 5.41) is 12.1. The highest BCUT2D eigenvalue weighted by Gasteiger charge is 2.14. The molecular formula is C13H21NO2S. The predicted octanol–water partition coefficient (Wildman–Crippen LogP) is 2.45. The molecule has 17 heavy (non-hydrogen) atoms. The van der Waals surface area contributed by atoms with Gasteiger partial charge in [0.1, 0.15) is 5.75 Å². The smallest absolute Gasteiger partial charge is 0.124 e. The lowest BCUT2D eigenvalue weighted by atomic mass is 10.1. The third-order valence-electron chi connectivity index (χ3n) is 2.67. The Hall–Kier alpha value is -0.710. The molecule has 0 bridgehead atoms. The fraction of sp³-hybridized carbons (Fsp3) is 0.538. The summed E-state index contributed by atoms with van der Waals surface area (Å²) >= 11 is 1.76. The van der Waals surface area contributed by atoms with Crippen molar-refractivity contribution in [1.82, 2.24) is 5.32 Å². The molecule has 0 heterocycles. The van der Waals surface area contributed by atoms with Crippen LogP contribution in [0.5, 0.6) is 5.75 Å². The molecule has 1 aromatic rings. The van der Waals surface area contributed by atoms with Gasteiger partial charge < -0.3 is 15.2 Å². The maximum absolute atomic E-state index is 8.82. The van der Waals surface area contributed by atoms with Crippen LogP contribution >= 0.6 is 11.8 Å². The molecule has 0 saturated heterocycles. The molecular weight excluding hydrogens is 234 g/mol. The van der Waals surface area contributed by atoms with E-state index in [1.165, 1.54) is 10.5 Å². The summed E-state index contributed by atoms with van der Waals surface area (Å²) in [6.07, 6.45) is 0.815. The Balaban J connectivity index is 2.93. The molecule has 0 aliphatic carbocycles. The zero-order chi connectivity index (χ0) is 12.7. The molecule has 1 atom stereocenters. The fourth-order valence-corrected chi connectivity index (χ4v) is 2.75. The SMILES string of the molecule is CNC(C)c1c(OC)cccc1SCCCO. The van der Waals surface area contributed by atoms with Crippen LogP contribution < -0.4 is 10.1 Å². The molecule has 3 nitrogen and oxygen atoms in total. The van der Waals surface area contributed by atoms with Crippen LogP contribution in [0.2, 0.25) is 0 Å². The Morgan fingerprint density at radius 3 is 2.82 bits per heavy atom. The average molecular weight is 255 g/mol. The van der Waals surface area contributed by atoms with E-state index in [4.69, 9.17) is 9.84 Å². The summed E-state index contributed by atoms with van der Waals surface area (Å²) in [6.45, 7) is 2.36. The number of methoxy groups -OCH3 is 1. The second-order valence-corrected chi connectivity index (χ2v) is 4.94. The van der Waals surface area contributed by atoms with Gasteiger partial charge in [0.05, 0.1) is 7.11 Å². The third kappa shape index (κ3) is 3.91. The van der Waals surface area contributed by atoms with Gasteiger partial charge in [0, 0.05) is 28.9 Å². The summed E-state index contributed by atoms with van der Waals surface area (Å²) in [6, 6.07) is 6.35. The normalized spacial score (nSPS) is 12.5. The van der Waals surface area contributed by atoms with E-state index in [0.717, 1.165) is 17.9 Å². The topological polar surface area (TPSA) is 41.5 Å². The van der Waals surface area contributed by atoms with Crippen molar-refractivity contribution in [1.29, 1.82) is 0 Å². The number of ether oxygens (including phenoxy) is 1. The molecule has 2 N–H and O–H groups in total. The van der Waals surface area contributed by atoms with Gasteiger partial charge in [-0.25, -0.2) is 0 Å². The lowest BCUT2D eigenvalue weighted by Gasteiger charge is -2.18. The molecule has 0 aromatic heterocycles. The molecule has 0 spiro atoms. The van der Waals surface area contributed by atoms with Crippen LogP contribution in [0.3, 0.4) is 0 Å². The van der Waals surface area contributed by atoms with Crippen LogP contribution in [0.4, 0.5) is 0 Å². The number of nitrogens with one attached hydrogen (secondary N) is 1. The Morgan fingerprint density at radius 1 is 1.47 bits per heavy atom. The van der Waals surface area contributed by atoms with E-state index in [-0.39, 0.29) is 12.6 Å². The summed E-state index contributed by atoms with van der Waals surface area (Å²) in [4.78, 5) is 1.22. The van der Waals surface area contributed by atoms with Gasteiger partial charge in [-0.05, 0) is 32.5 Å². The van der Waals surface area contributed by atoms with E-state index < -0.39 is 0 Å². The number of hydrogen-bond donors (Lipinski definition) is 2. The van der Waals surface area contributed by atoms with Gasteiger partial charge in [0.15, 0.2) is 0 Å². The number of aliphatic hydroxyl groups excluding tert-OH is 1. The Morgan fingerprint density at radius 2 is 2.24 bits per heavy atom. The molecule has 1 aromatic carbocycles. The van der Waals surface area contributed by atoms with Crippen LogP contribution in [0.15, 0.2) is 23.1 Å². The highest BCUT2D eigenvalue weighted by atomic mass is 32.2. The summed E-state index contributed by atoms with van der Waals surface area (Å²) in [7, 11) is 3.64. The van der Waals surface area contributed by atoms with Crippen LogP contribution in [-0.2, 0) is 0 Å². The number of benzene rings is 1. The molecule has 0 aliphatic heterocycles. The van der Waals surface area contributed by atoms with Gasteiger partial charge in [0.2, 0.25) is 0 Å². The van der Waals surface area contributed by atoms with Gasteiger partial charge in [-0.2, -0.15) is 0 Å². The Kier molecular flexibility index (Phi) is 6.40. The Bertz CT molecular complexity index is 344. The first-order chi connectivity index (χ1) is 8.24. The molecule has 4 heteroatoms. The second-order valence-electron chi connectivity index (χ2n) is 3.81. The zero-order valence-electron chi connectivity index (χ0n) is 10.7. The van der Waals surface area contributed by atoms with Gasteiger partial charge in [-0.15, -0.1) is 11.8 Å². The quantitative estimate of drug-likeness (QED) is 0.580. The van der Waals surface area contributed by atoms with Crippen LogP contribution in [0.1, 0.15) is 24.9 Å². The molecule has 1 unspecified atom stereocenters. The van der Waals surface area contributed by atoms with Crippen molar-refractivity contribution in [2.45, 2.75) is 24.3 Å². The largest absolute Gasteiger partial charge is 0.496 e. The molecule has 0 fully saturated rings. The zero-order valence-corrected chi connectivity index (χ0v) is 11.5. The van der Waals surface area contributed by atoms with E-state index in [9.17, 15) is 0 Å². The maximum Gasteiger partial charge on any atom is 0.124 e. The van der Waals surface area contributed by atoms with Crippen molar-refractivity contribution in [3.05, 3.63) is 23.8 Å². The highest BCUT2D eigenvalue weighted by molar-refractivity contribution is 7.99. The van der Waals surface area contributed by atoms with Crippen LogP contribution in [0.25, 0.3) is 0 Å². The van der Waals surface area contributed by atoms with Gasteiger partial charge >= 0.3 is 0 Å². The minimum absolute atomic E-state index is 0.244. The number of thioether (sulfide) groups is 1. The Labute approximate surface area is 108 Å². The number of aliphatic hydroxyl groups is 1. The minimum atomic E-state index is 0.244. The van der Waals surface area contributed by atoms with Crippen molar-refractivity contribution < 1.29 is 9.84 Å². The molecule has 0 saturated carbocycles. The molecule has 0 amide bonds. The molecule has 96 valence electrons. The van der Waals surface area contributed by atoms with E-state index in [2.05, 4.69) is 18.3 Å². The van der Waals surface area contributed by atoms with E-state index >= 15 is 0 Å². The van der Waals surface area contributed by atoms with Crippen molar-refractivity contribution in [2.24, 2.45) is 0 Å². The minimum Gasteiger partial charge on any atom is -0.496 e. The van der Waals surface area contributed by atoms with E-state index in [1.54, 1.807) is 18.9 Å². The van der Waals surface area contributed by atoms with Crippen molar-refractivity contribution >= 4 is 11.8 Å². The lowest BCUT2D eigenvalue weighted by Crippen LogP contribution is -2.14. The summed E-state index contributed by atoms with van der Waals surface area (Å²) in [5.74, 6) is 1.84. The fourth-order valence-electron chi connectivity index (χ4n) is 1.65. The summed E-state index contributed by atoms with van der Waals surface area (Å²) in [5.41, 5.74) is 1.19. The molecule has 1 rings (SSSR count). The van der Waals surface area contributed by atoms with Crippen LogP contribution in [0, 0.1) is 0 Å². The first-order valence-corrected chi connectivity index (χ1v) is 6.81. The standard InChI is InChI=1S/C13H21NO2S/c1-10(14-2)13-11(16-3)6-4-7-12(13)17-9-5-8-15/h4,6-7,10,14-15H,5,8-9H2,1-3H3. The van der Waals surface area contributed by atoms with E-state index in [0.29, 0.717) is 0 Å². The monoisotopic (exact) mass is 255 g/mol. The first-order valence-electron chi connectivity index (χ1n) is 5.82. The molecule has 0 radical (unpaired) electrons. The first kappa shape index (κ1) is 14.4. The van der Waals surface area contributed by atoms with Gasteiger partial charge in [-0.3, -0.25) is 0 Å². The summed E-state index contributed by atoms with van der Waals surface area (Å²) < 4.78 is 5.41. The average Bonchev–Trinajstić information content (AvgIpc) is 2.37. The van der Waals surface area contributed by atoms with Crippen molar-refractivity contribution in [2.75, 3.05) is 26.5 Å². The van der Waals surface area contributed by atoms with Crippen LogP contribution in [-0.4, -0.2) is 31.6 Å². The maximum atomic E-state index is 8.82. The van der Waals surface area contributed by atoms with Crippen molar-refractivity contribution in [3.8, 4) is 5.75 Å². The number of hydrogen-bond acceptors (Lipinski definition) is 4. The lowest BCUT2D eigenvalue weighted by molar-refractivity contribution is 0.296. The molecule has 0 aliphatic rings. The van der Waals surface area contributed by atoms with Crippen molar-refractivity contribution in [3.63, 3.8) is 0 Å².